The summed E-state index contributed by atoms with van der Waals surface area (Å²) in [5, 5.41) is 0.429. The summed E-state index contributed by atoms with van der Waals surface area (Å²) in [4.78, 5) is 7.60. The first kappa shape index (κ1) is 13.8. The number of hydrogen-bond donors (Lipinski definition) is 1. The van der Waals surface area contributed by atoms with Gasteiger partial charge in [0.05, 0.1) is 11.0 Å². The van der Waals surface area contributed by atoms with Crippen molar-refractivity contribution in [3.63, 3.8) is 0 Å². The van der Waals surface area contributed by atoms with Gasteiger partial charge in [-0.25, -0.2) is 8.42 Å². The molecular weight excluding hydrogens is 274 g/mol. The molecule has 0 radical (unpaired) electrons. The molecule has 0 aliphatic heterocycles. The van der Waals surface area contributed by atoms with Crippen LogP contribution in [-0.2, 0) is 14.9 Å². The molecule has 1 aromatic rings. The quantitative estimate of drug-likeness (QED) is 0.867. The lowest BCUT2D eigenvalue weighted by atomic mass is 10.2. The summed E-state index contributed by atoms with van der Waals surface area (Å²) in [6, 6.07) is 4.79. The SMILES string of the molecule is Cc1c(Cl)cccc1S(=O)(=O)NOC1CCCC1. The third kappa shape index (κ3) is 3.03. The third-order valence-electron chi connectivity index (χ3n) is 3.13. The minimum Gasteiger partial charge on any atom is -0.284 e. The van der Waals surface area contributed by atoms with Crippen molar-refractivity contribution in [2.45, 2.75) is 43.6 Å². The van der Waals surface area contributed by atoms with E-state index in [1.807, 2.05) is 0 Å². The number of hydrogen-bond acceptors (Lipinski definition) is 3. The lowest BCUT2D eigenvalue weighted by molar-refractivity contribution is 0.0223. The zero-order chi connectivity index (χ0) is 13.2. The minimum absolute atomic E-state index is 0.0146. The van der Waals surface area contributed by atoms with Gasteiger partial charge in [-0.2, -0.15) is 0 Å². The Labute approximate surface area is 112 Å². The van der Waals surface area contributed by atoms with Crippen LogP contribution in [0.3, 0.4) is 0 Å². The van der Waals surface area contributed by atoms with Crippen LogP contribution in [0.15, 0.2) is 23.1 Å². The highest BCUT2D eigenvalue weighted by atomic mass is 35.5. The molecule has 0 heterocycles. The maximum Gasteiger partial charge on any atom is 0.262 e. The fraction of sp³-hybridized carbons (Fsp3) is 0.500. The number of rotatable bonds is 4. The molecule has 1 fully saturated rings. The Balaban J connectivity index is 2.12. The molecule has 0 atom stereocenters. The van der Waals surface area contributed by atoms with Crippen molar-refractivity contribution in [1.29, 1.82) is 0 Å². The molecule has 100 valence electrons. The summed E-state index contributed by atoms with van der Waals surface area (Å²) in [5.74, 6) is 0. The fourth-order valence-electron chi connectivity index (χ4n) is 2.06. The second-order valence-electron chi connectivity index (χ2n) is 4.47. The highest BCUT2D eigenvalue weighted by molar-refractivity contribution is 7.89. The van der Waals surface area contributed by atoms with Crippen LogP contribution >= 0.6 is 11.6 Å². The Morgan fingerprint density at radius 3 is 2.67 bits per heavy atom. The van der Waals surface area contributed by atoms with Gasteiger partial charge >= 0.3 is 0 Å². The molecule has 0 spiro atoms. The third-order valence-corrected chi connectivity index (χ3v) is 4.88. The Morgan fingerprint density at radius 2 is 2.00 bits per heavy atom. The monoisotopic (exact) mass is 289 g/mol. The first-order valence-electron chi connectivity index (χ1n) is 5.93. The van der Waals surface area contributed by atoms with Gasteiger partial charge in [0, 0.05) is 5.02 Å². The van der Waals surface area contributed by atoms with Gasteiger partial charge in [0.2, 0.25) is 0 Å². The van der Waals surface area contributed by atoms with Gasteiger partial charge in [0.15, 0.2) is 0 Å². The molecule has 2 rings (SSSR count). The van der Waals surface area contributed by atoms with Crippen LogP contribution < -0.4 is 4.89 Å². The van der Waals surface area contributed by atoms with E-state index in [9.17, 15) is 8.42 Å². The predicted molar refractivity (Wildman–Crippen MR) is 69.9 cm³/mol. The van der Waals surface area contributed by atoms with Crippen molar-refractivity contribution in [2.24, 2.45) is 0 Å². The normalized spacial score (nSPS) is 17.2. The molecular formula is C12H16ClNO3S. The molecule has 1 aliphatic rings. The summed E-state index contributed by atoms with van der Waals surface area (Å²) in [7, 11) is -3.66. The van der Waals surface area contributed by atoms with Crippen LogP contribution in [-0.4, -0.2) is 14.5 Å². The standard InChI is InChI=1S/C12H16ClNO3S/c1-9-11(13)7-4-8-12(9)18(15,16)14-17-10-5-2-3-6-10/h4,7-8,10,14H,2-3,5-6H2,1H3. The zero-order valence-corrected chi connectivity index (χ0v) is 11.7. The fourth-order valence-corrected chi connectivity index (χ4v) is 3.42. The maximum absolute atomic E-state index is 12.1. The molecule has 0 aromatic heterocycles. The molecule has 0 unspecified atom stereocenters. The maximum atomic E-state index is 12.1. The van der Waals surface area contributed by atoms with E-state index in [1.54, 1.807) is 19.1 Å². The van der Waals surface area contributed by atoms with Crippen molar-refractivity contribution in [1.82, 2.24) is 4.89 Å². The molecule has 4 nitrogen and oxygen atoms in total. The summed E-state index contributed by atoms with van der Waals surface area (Å²) in [6.07, 6.45) is 3.96. The van der Waals surface area contributed by atoms with Crippen molar-refractivity contribution in [3.05, 3.63) is 28.8 Å². The largest absolute Gasteiger partial charge is 0.284 e. The van der Waals surface area contributed by atoms with Crippen LogP contribution in [0.4, 0.5) is 0 Å². The van der Waals surface area contributed by atoms with E-state index in [2.05, 4.69) is 4.89 Å². The van der Waals surface area contributed by atoms with Crippen molar-refractivity contribution in [3.8, 4) is 0 Å². The molecule has 1 N–H and O–H groups in total. The van der Waals surface area contributed by atoms with Gasteiger partial charge in [-0.1, -0.05) is 35.4 Å². The zero-order valence-electron chi connectivity index (χ0n) is 10.1. The van der Waals surface area contributed by atoms with Crippen LogP contribution in [0, 0.1) is 6.92 Å². The average Bonchev–Trinajstić information content (AvgIpc) is 2.83. The number of halogens is 1. The van der Waals surface area contributed by atoms with E-state index < -0.39 is 10.0 Å². The van der Waals surface area contributed by atoms with Gasteiger partial charge in [-0.05, 0) is 37.5 Å². The molecule has 18 heavy (non-hydrogen) atoms. The van der Waals surface area contributed by atoms with E-state index in [0.29, 0.717) is 10.6 Å². The lowest BCUT2D eigenvalue weighted by Crippen LogP contribution is -2.29. The highest BCUT2D eigenvalue weighted by Gasteiger charge is 2.22. The topological polar surface area (TPSA) is 55.4 Å². The minimum atomic E-state index is -3.66. The van der Waals surface area contributed by atoms with Gasteiger partial charge in [-0.15, -0.1) is 0 Å². The van der Waals surface area contributed by atoms with Gasteiger partial charge in [-0.3, -0.25) is 4.84 Å². The van der Waals surface area contributed by atoms with Crippen LogP contribution in [0.2, 0.25) is 5.02 Å². The van der Waals surface area contributed by atoms with E-state index >= 15 is 0 Å². The van der Waals surface area contributed by atoms with Crippen molar-refractivity contribution >= 4 is 21.6 Å². The van der Waals surface area contributed by atoms with Crippen molar-refractivity contribution in [2.75, 3.05) is 0 Å². The number of benzene rings is 1. The van der Waals surface area contributed by atoms with Gasteiger partial charge < -0.3 is 0 Å². The van der Waals surface area contributed by atoms with E-state index in [4.69, 9.17) is 16.4 Å². The summed E-state index contributed by atoms with van der Waals surface area (Å²) >= 11 is 5.91. The Kier molecular flexibility index (Phi) is 4.27. The molecule has 0 amide bonds. The first-order valence-corrected chi connectivity index (χ1v) is 7.79. The van der Waals surface area contributed by atoms with E-state index in [1.165, 1.54) is 6.07 Å². The average molecular weight is 290 g/mol. The second kappa shape index (κ2) is 5.57. The second-order valence-corrected chi connectivity index (χ2v) is 6.49. The molecule has 1 saturated carbocycles. The van der Waals surface area contributed by atoms with Gasteiger partial charge in [0.25, 0.3) is 10.0 Å². The lowest BCUT2D eigenvalue weighted by Gasteiger charge is -2.13. The predicted octanol–water partition coefficient (Wildman–Crippen LogP) is 2.80. The Bertz CT molecular complexity index is 524. The Morgan fingerprint density at radius 1 is 1.33 bits per heavy atom. The first-order chi connectivity index (χ1) is 8.50. The number of sulfonamides is 1. The summed E-state index contributed by atoms with van der Waals surface area (Å²) in [5.41, 5.74) is 0.529. The van der Waals surface area contributed by atoms with Crippen LogP contribution in [0.25, 0.3) is 0 Å². The van der Waals surface area contributed by atoms with Crippen LogP contribution in [0.1, 0.15) is 31.2 Å². The Hall–Kier alpha value is -0.620. The van der Waals surface area contributed by atoms with Crippen LogP contribution in [0.5, 0.6) is 0 Å². The summed E-state index contributed by atoms with van der Waals surface area (Å²) in [6.45, 7) is 1.67. The van der Waals surface area contributed by atoms with Gasteiger partial charge in [0.1, 0.15) is 0 Å². The molecule has 1 aliphatic carbocycles. The number of nitrogens with one attached hydrogen (secondary N) is 1. The molecule has 0 bridgehead atoms. The smallest absolute Gasteiger partial charge is 0.262 e. The van der Waals surface area contributed by atoms with E-state index in [0.717, 1.165) is 25.7 Å². The molecule has 0 saturated heterocycles. The molecule has 1 aromatic carbocycles. The molecule has 6 heteroatoms. The summed E-state index contributed by atoms with van der Waals surface area (Å²) < 4.78 is 24.1. The van der Waals surface area contributed by atoms with E-state index in [-0.39, 0.29) is 11.0 Å². The highest BCUT2D eigenvalue weighted by Crippen LogP contribution is 2.24. The van der Waals surface area contributed by atoms with Crippen molar-refractivity contribution < 1.29 is 13.3 Å².